The molecule has 4 heteroatoms. The summed E-state index contributed by atoms with van der Waals surface area (Å²) in [6.07, 6.45) is 1.49. The highest BCUT2D eigenvalue weighted by molar-refractivity contribution is 6.08. The van der Waals surface area contributed by atoms with Crippen LogP contribution >= 0.6 is 0 Å². The SMILES string of the molecule is COc1cccc(C2CC(=O)N(c3ccccc3C)C3=C2C(=O)CC(C)(C)C3)c1. The van der Waals surface area contributed by atoms with Crippen molar-refractivity contribution in [3.8, 4) is 5.75 Å². The molecule has 29 heavy (non-hydrogen) atoms. The standard InChI is InChI=1S/C25H27NO3/c1-16-8-5-6-11-20(16)26-21-14-25(2,3)15-22(27)24(21)19(13-23(26)28)17-9-7-10-18(12-17)29-4/h5-12,19H,13-15H2,1-4H3. The summed E-state index contributed by atoms with van der Waals surface area (Å²) in [5.41, 5.74) is 4.35. The maximum atomic E-state index is 13.4. The molecule has 4 nitrogen and oxygen atoms in total. The van der Waals surface area contributed by atoms with Gasteiger partial charge < -0.3 is 4.74 Å². The number of benzene rings is 2. The van der Waals surface area contributed by atoms with Crippen LogP contribution in [-0.4, -0.2) is 18.8 Å². The van der Waals surface area contributed by atoms with Gasteiger partial charge in [-0.25, -0.2) is 0 Å². The molecule has 1 heterocycles. The molecule has 0 aromatic heterocycles. The number of ether oxygens (including phenoxy) is 1. The molecule has 1 atom stereocenters. The monoisotopic (exact) mass is 389 g/mol. The minimum Gasteiger partial charge on any atom is -0.497 e. The second-order valence-corrected chi connectivity index (χ2v) is 8.85. The summed E-state index contributed by atoms with van der Waals surface area (Å²) in [6.45, 7) is 6.21. The predicted octanol–water partition coefficient (Wildman–Crippen LogP) is 5.17. The largest absolute Gasteiger partial charge is 0.497 e. The van der Waals surface area contributed by atoms with Crippen LogP contribution in [0.2, 0.25) is 0 Å². The molecule has 1 aliphatic heterocycles. The third-order valence-corrected chi connectivity index (χ3v) is 6.00. The van der Waals surface area contributed by atoms with Crippen LogP contribution in [0.1, 0.15) is 50.2 Å². The average Bonchev–Trinajstić information content (AvgIpc) is 2.67. The van der Waals surface area contributed by atoms with Crippen molar-refractivity contribution >= 4 is 17.4 Å². The Morgan fingerprint density at radius 3 is 2.52 bits per heavy atom. The topological polar surface area (TPSA) is 46.6 Å². The van der Waals surface area contributed by atoms with Crippen molar-refractivity contribution in [3.63, 3.8) is 0 Å². The molecule has 1 amide bonds. The minimum atomic E-state index is -0.225. The van der Waals surface area contributed by atoms with E-state index in [0.29, 0.717) is 12.8 Å². The zero-order valence-corrected chi connectivity index (χ0v) is 17.5. The van der Waals surface area contributed by atoms with Crippen molar-refractivity contribution in [3.05, 3.63) is 70.9 Å². The lowest BCUT2D eigenvalue weighted by Crippen LogP contribution is -2.44. The minimum absolute atomic E-state index is 0.0383. The second kappa shape index (κ2) is 7.18. The van der Waals surface area contributed by atoms with E-state index in [1.807, 2.05) is 55.5 Å². The van der Waals surface area contributed by atoms with Gasteiger partial charge in [0.05, 0.1) is 12.8 Å². The quantitative estimate of drug-likeness (QED) is 0.728. The Morgan fingerprint density at radius 2 is 1.79 bits per heavy atom. The third kappa shape index (κ3) is 3.48. The number of anilines is 1. The molecule has 0 saturated heterocycles. The number of carbonyl (C=O) groups excluding carboxylic acids is 2. The van der Waals surface area contributed by atoms with Crippen LogP contribution in [0.15, 0.2) is 59.8 Å². The van der Waals surface area contributed by atoms with Crippen LogP contribution in [-0.2, 0) is 9.59 Å². The van der Waals surface area contributed by atoms with E-state index >= 15 is 0 Å². The number of amides is 1. The Morgan fingerprint density at radius 1 is 1.03 bits per heavy atom. The van der Waals surface area contributed by atoms with Crippen LogP contribution < -0.4 is 9.64 Å². The van der Waals surface area contributed by atoms with E-state index in [0.717, 1.165) is 33.8 Å². The summed E-state index contributed by atoms with van der Waals surface area (Å²) in [4.78, 5) is 28.5. The van der Waals surface area contributed by atoms with E-state index in [2.05, 4.69) is 13.8 Å². The number of methoxy groups -OCH3 is 1. The summed E-state index contributed by atoms with van der Waals surface area (Å²) in [5, 5.41) is 0. The fourth-order valence-corrected chi connectivity index (χ4v) is 4.65. The summed E-state index contributed by atoms with van der Waals surface area (Å²) in [5.74, 6) is 0.699. The first-order chi connectivity index (χ1) is 13.8. The van der Waals surface area contributed by atoms with Gasteiger partial charge >= 0.3 is 0 Å². The second-order valence-electron chi connectivity index (χ2n) is 8.85. The lowest BCUT2D eigenvalue weighted by atomic mass is 9.69. The maximum absolute atomic E-state index is 13.4. The molecule has 1 aliphatic carbocycles. The number of ketones is 1. The van der Waals surface area contributed by atoms with Crippen LogP contribution in [0.3, 0.4) is 0 Å². The van der Waals surface area contributed by atoms with Crippen molar-refractivity contribution in [2.45, 2.75) is 46.0 Å². The molecular weight excluding hydrogens is 362 g/mol. The number of para-hydroxylation sites is 1. The van der Waals surface area contributed by atoms with E-state index in [1.165, 1.54) is 0 Å². The van der Waals surface area contributed by atoms with E-state index in [-0.39, 0.29) is 29.4 Å². The van der Waals surface area contributed by atoms with Gasteiger partial charge in [-0.3, -0.25) is 14.5 Å². The highest BCUT2D eigenvalue weighted by atomic mass is 16.5. The van der Waals surface area contributed by atoms with Crippen molar-refractivity contribution in [1.29, 1.82) is 0 Å². The Balaban J connectivity index is 1.91. The zero-order chi connectivity index (χ0) is 20.8. The van der Waals surface area contributed by atoms with Crippen molar-refractivity contribution in [2.75, 3.05) is 12.0 Å². The summed E-state index contributed by atoms with van der Waals surface area (Å²) >= 11 is 0. The van der Waals surface area contributed by atoms with E-state index in [1.54, 1.807) is 12.0 Å². The van der Waals surface area contributed by atoms with Gasteiger partial charge in [-0.05, 0) is 48.1 Å². The maximum Gasteiger partial charge on any atom is 0.232 e. The molecule has 2 aromatic rings. The number of rotatable bonds is 3. The molecular formula is C25H27NO3. The number of Topliss-reactive ketones (excluding diaryl/α,β-unsaturated/α-hetero) is 1. The normalized spacial score (nSPS) is 21.2. The summed E-state index contributed by atoms with van der Waals surface area (Å²) in [7, 11) is 1.63. The summed E-state index contributed by atoms with van der Waals surface area (Å²) < 4.78 is 5.38. The number of hydrogen-bond donors (Lipinski definition) is 0. The Hall–Kier alpha value is -2.88. The Bertz CT molecular complexity index is 1020. The number of carbonyl (C=O) groups is 2. The molecule has 150 valence electrons. The van der Waals surface area contributed by atoms with Gasteiger partial charge in [0, 0.05) is 30.0 Å². The van der Waals surface area contributed by atoms with Crippen LogP contribution in [0.25, 0.3) is 0 Å². The molecule has 0 radical (unpaired) electrons. The first-order valence-electron chi connectivity index (χ1n) is 10.1. The number of hydrogen-bond acceptors (Lipinski definition) is 3. The zero-order valence-electron chi connectivity index (χ0n) is 17.5. The van der Waals surface area contributed by atoms with Gasteiger partial charge in [0.1, 0.15) is 5.75 Å². The number of aryl methyl sites for hydroxylation is 1. The predicted molar refractivity (Wildman–Crippen MR) is 114 cm³/mol. The fourth-order valence-electron chi connectivity index (χ4n) is 4.65. The third-order valence-electron chi connectivity index (χ3n) is 6.00. The van der Waals surface area contributed by atoms with E-state index in [9.17, 15) is 9.59 Å². The van der Waals surface area contributed by atoms with E-state index < -0.39 is 0 Å². The van der Waals surface area contributed by atoms with E-state index in [4.69, 9.17) is 4.74 Å². The molecule has 0 fully saturated rings. The van der Waals surface area contributed by atoms with Crippen LogP contribution in [0.4, 0.5) is 5.69 Å². The molecule has 1 unspecified atom stereocenters. The smallest absolute Gasteiger partial charge is 0.232 e. The molecule has 0 spiro atoms. The number of nitrogens with zero attached hydrogens (tertiary/aromatic N) is 1. The molecule has 0 bridgehead atoms. The average molecular weight is 389 g/mol. The first kappa shape index (κ1) is 19.4. The van der Waals surface area contributed by atoms with Crippen molar-refractivity contribution in [1.82, 2.24) is 0 Å². The van der Waals surface area contributed by atoms with Crippen molar-refractivity contribution in [2.24, 2.45) is 5.41 Å². The molecule has 2 aromatic carbocycles. The van der Waals surface area contributed by atoms with Gasteiger partial charge in [-0.15, -0.1) is 0 Å². The Labute approximate surface area is 172 Å². The number of allylic oxidation sites excluding steroid dienone is 2. The first-order valence-corrected chi connectivity index (χ1v) is 10.1. The highest BCUT2D eigenvalue weighted by Crippen LogP contribution is 2.48. The Kier molecular flexibility index (Phi) is 4.81. The fraction of sp³-hybridized carbons (Fsp3) is 0.360. The van der Waals surface area contributed by atoms with Gasteiger partial charge in [-0.2, -0.15) is 0 Å². The van der Waals surface area contributed by atoms with Gasteiger partial charge in [0.2, 0.25) is 5.91 Å². The highest BCUT2D eigenvalue weighted by Gasteiger charge is 2.44. The van der Waals surface area contributed by atoms with Gasteiger partial charge in [-0.1, -0.05) is 44.2 Å². The summed E-state index contributed by atoms with van der Waals surface area (Å²) in [6, 6.07) is 15.6. The van der Waals surface area contributed by atoms with Gasteiger partial charge in [0.25, 0.3) is 0 Å². The lowest BCUT2D eigenvalue weighted by Gasteiger charge is -2.43. The molecule has 0 N–H and O–H groups in total. The van der Waals surface area contributed by atoms with Crippen molar-refractivity contribution < 1.29 is 14.3 Å². The van der Waals surface area contributed by atoms with Crippen LogP contribution in [0, 0.1) is 12.3 Å². The lowest BCUT2D eigenvalue weighted by molar-refractivity contribution is -0.121. The molecule has 0 saturated carbocycles. The van der Waals surface area contributed by atoms with Crippen LogP contribution in [0.5, 0.6) is 5.75 Å². The molecule has 4 rings (SSSR count). The molecule has 2 aliphatic rings. The van der Waals surface area contributed by atoms with Gasteiger partial charge in [0.15, 0.2) is 5.78 Å².